The molecule has 4 saturated heterocycles. The molecule has 0 radical (unpaired) electrons. The SMILES string of the molecule is CCN1CCC2(CCCB(O)O)C(C(=O)OOC(=O)C34CCC(CC3CCCB(O)O)N4)NCC12. The van der Waals surface area contributed by atoms with Gasteiger partial charge in [-0.2, -0.15) is 0 Å². The number of nitrogens with one attached hydrogen (secondary N) is 2. The fraction of sp³-hybridized carbons (Fsp3) is 0.909. The van der Waals surface area contributed by atoms with Crippen LogP contribution >= 0.6 is 0 Å². The lowest BCUT2D eigenvalue weighted by Gasteiger charge is -2.35. The third-order valence-corrected chi connectivity index (χ3v) is 9.00. The van der Waals surface area contributed by atoms with Crippen molar-refractivity contribution in [3.05, 3.63) is 0 Å². The summed E-state index contributed by atoms with van der Waals surface area (Å²) in [6.07, 6.45) is 5.96. The smallest absolute Gasteiger partial charge is 0.427 e. The van der Waals surface area contributed by atoms with Gasteiger partial charge in [0.25, 0.3) is 0 Å². The van der Waals surface area contributed by atoms with Gasteiger partial charge in [0, 0.05) is 24.0 Å². The van der Waals surface area contributed by atoms with Crippen LogP contribution in [0.2, 0.25) is 12.6 Å². The van der Waals surface area contributed by atoms with Gasteiger partial charge in [-0.3, -0.25) is 10.2 Å². The standard InChI is InChI=1S/C22H39B2N3O8/c1-2-27-12-9-21(7-4-11-24(32)33)17(27)14-25-18(21)19(28)34-35-20(29)22-8-6-16(26-22)13-15(22)5-3-10-23(30)31/h15-18,25-26,30-33H,2-14H2,1H3. The van der Waals surface area contributed by atoms with Gasteiger partial charge >= 0.3 is 26.2 Å². The minimum atomic E-state index is -1.38. The quantitative estimate of drug-likeness (QED) is 0.119. The molecular weight excluding hydrogens is 456 g/mol. The predicted octanol–water partition coefficient (Wildman–Crippen LogP) is -0.943. The summed E-state index contributed by atoms with van der Waals surface area (Å²) in [6.45, 7) is 4.42. The van der Waals surface area contributed by atoms with Crippen LogP contribution in [0.15, 0.2) is 0 Å². The predicted molar refractivity (Wildman–Crippen MR) is 128 cm³/mol. The molecular formula is C22H39B2N3O8. The second kappa shape index (κ2) is 11.0. The van der Waals surface area contributed by atoms with Crippen molar-refractivity contribution in [3.8, 4) is 0 Å². The van der Waals surface area contributed by atoms with E-state index < -0.39 is 43.2 Å². The van der Waals surface area contributed by atoms with Crippen LogP contribution in [0.5, 0.6) is 0 Å². The molecule has 35 heavy (non-hydrogen) atoms. The number of carbonyl (C=O) groups excluding carboxylic acids is 2. The minimum absolute atomic E-state index is 0.00983. The number of carbonyl (C=O) groups is 2. The Kier molecular flexibility index (Phi) is 8.47. The molecule has 13 heteroatoms. The van der Waals surface area contributed by atoms with Crippen molar-refractivity contribution >= 4 is 26.2 Å². The second-order valence-corrected chi connectivity index (χ2v) is 10.8. The van der Waals surface area contributed by atoms with Gasteiger partial charge in [-0.15, -0.1) is 0 Å². The van der Waals surface area contributed by atoms with Gasteiger partial charge in [0.05, 0.1) is 0 Å². The molecule has 0 saturated carbocycles. The van der Waals surface area contributed by atoms with Crippen molar-refractivity contribution in [2.75, 3.05) is 19.6 Å². The van der Waals surface area contributed by atoms with E-state index >= 15 is 0 Å². The molecule has 0 aliphatic carbocycles. The highest BCUT2D eigenvalue weighted by Crippen LogP contribution is 2.48. The second-order valence-electron chi connectivity index (χ2n) is 10.8. The number of hydrogen-bond donors (Lipinski definition) is 6. The largest absolute Gasteiger partial charge is 0.451 e. The van der Waals surface area contributed by atoms with Gasteiger partial charge in [-0.25, -0.2) is 19.4 Å². The molecule has 0 aromatic rings. The van der Waals surface area contributed by atoms with Crippen LogP contribution in [0, 0.1) is 11.3 Å². The summed E-state index contributed by atoms with van der Waals surface area (Å²) in [6, 6.07) is -0.295. The summed E-state index contributed by atoms with van der Waals surface area (Å²) < 4.78 is 0. The molecule has 4 fully saturated rings. The van der Waals surface area contributed by atoms with E-state index in [0.29, 0.717) is 38.6 Å². The fourth-order valence-electron chi connectivity index (χ4n) is 7.28. The zero-order valence-electron chi connectivity index (χ0n) is 20.5. The maximum Gasteiger partial charge on any atom is 0.451 e. The molecule has 0 amide bonds. The summed E-state index contributed by atoms with van der Waals surface area (Å²) in [4.78, 5) is 39.0. The van der Waals surface area contributed by atoms with Crippen molar-refractivity contribution in [1.29, 1.82) is 0 Å². The van der Waals surface area contributed by atoms with Gasteiger partial charge in [0.2, 0.25) is 0 Å². The average molecular weight is 495 g/mol. The fourth-order valence-corrected chi connectivity index (χ4v) is 7.28. The molecule has 11 nitrogen and oxygen atoms in total. The summed E-state index contributed by atoms with van der Waals surface area (Å²) in [5, 5.41) is 43.5. The van der Waals surface area contributed by atoms with E-state index in [1.54, 1.807) is 0 Å². The Bertz CT molecular complexity index is 777. The highest BCUT2D eigenvalue weighted by molar-refractivity contribution is 6.41. The zero-order chi connectivity index (χ0) is 25.2. The van der Waals surface area contributed by atoms with E-state index in [1.165, 1.54) is 0 Å². The third-order valence-electron chi connectivity index (χ3n) is 9.00. The lowest BCUT2D eigenvalue weighted by atomic mass is 9.70. The monoisotopic (exact) mass is 495 g/mol. The van der Waals surface area contributed by atoms with Crippen LogP contribution in [0.3, 0.4) is 0 Å². The molecule has 4 rings (SSSR count). The first kappa shape index (κ1) is 26.8. The van der Waals surface area contributed by atoms with Crippen LogP contribution in [-0.2, 0) is 19.4 Å². The van der Waals surface area contributed by atoms with Gasteiger partial charge in [-0.05, 0) is 70.2 Å². The molecule has 4 heterocycles. The van der Waals surface area contributed by atoms with Gasteiger partial charge in [-0.1, -0.05) is 19.8 Å². The third kappa shape index (κ3) is 5.27. The van der Waals surface area contributed by atoms with Crippen molar-refractivity contribution in [2.45, 2.75) is 94.6 Å². The van der Waals surface area contributed by atoms with Gasteiger partial charge in [0.1, 0.15) is 11.6 Å². The van der Waals surface area contributed by atoms with Crippen LogP contribution in [0.25, 0.3) is 0 Å². The highest BCUT2D eigenvalue weighted by atomic mass is 17.2. The lowest BCUT2D eigenvalue weighted by Crippen LogP contribution is -2.52. The maximum absolute atomic E-state index is 13.2. The molecule has 6 N–H and O–H groups in total. The molecule has 6 unspecified atom stereocenters. The molecule has 0 spiro atoms. The van der Waals surface area contributed by atoms with E-state index in [1.807, 2.05) is 0 Å². The van der Waals surface area contributed by atoms with Crippen molar-refractivity contribution in [3.63, 3.8) is 0 Å². The molecule has 4 aliphatic heterocycles. The topological polar surface area (TPSA) is 161 Å². The highest BCUT2D eigenvalue weighted by Gasteiger charge is 2.60. The molecule has 196 valence electrons. The zero-order valence-corrected chi connectivity index (χ0v) is 20.5. The van der Waals surface area contributed by atoms with E-state index in [9.17, 15) is 19.6 Å². The van der Waals surface area contributed by atoms with Gasteiger partial charge < -0.3 is 25.4 Å². The van der Waals surface area contributed by atoms with E-state index in [0.717, 1.165) is 32.4 Å². The summed E-state index contributed by atoms with van der Waals surface area (Å²) in [5.74, 6) is -1.22. The average Bonchev–Trinajstić information content (AvgIpc) is 3.56. The Hall–Kier alpha value is -1.21. The van der Waals surface area contributed by atoms with E-state index in [4.69, 9.17) is 19.8 Å². The van der Waals surface area contributed by atoms with Gasteiger partial charge in [0.15, 0.2) is 0 Å². The molecule has 4 aliphatic rings. The van der Waals surface area contributed by atoms with Crippen molar-refractivity contribution < 1.29 is 39.5 Å². The van der Waals surface area contributed by atoms with Crippen LogP contribution in [0.4, 0.5) is 0 Å². The Morgan fingerprint density at radius 2 is 1.83 bits per heavy atom. The molecule has 0 aromatic heterocycles. The van der Waals surface area contributed by atoms with Crippen molar-refractivity contribution in [1.82, 2.24) is 15.5 Å². The Morgan fingerprint density at radius 1 is 1.09 bits per heavy atom. The molecule has 6 atom stereocenters. The van der Waals surface area contributed by atoms with Crippen LogP contribution in [0.1, 0.15) is 58.3 Å². The normalized spacial score (nSPS) is 35.8. The number of rotatable bonds is 11. The Labute approximate surface area is 207 Å². The lowest BCUT2D eigenvalue weighted by molar-refractivity contribution is -0.267. The minimum Gasteiger partial charge on any atom is -0.427 e. The number of nitrogens with zero attached hydrogens (tertiary/aromatic N) is 1. The first-order valence-electron chi connectivity index (χ1n) is 13.1. The summed E-state index contributed by atoms with van der Waals surface area (Å²) >= 11 is 0. The first-order valence-corrected chi connectivity index (χ1v) is 13.1. The number of likely N-dealkylation sites (N-methyl/N-ethyl adjacent to an activating group) is 1. The summed E-state index contributed by atoms with van der Waals surface area (Å²) in [5.41, 5.74) is -1.32. The Morgan fingerprint density at radius 3 is 2.51 bits per heavy atom. The number of hydrogen-bond acceptors (Lipinski definition) is 11. The number of likely N-dealkylation sites (tertiary alicyclic amines) is 1. The number of fused-ring (bicyclic) bond motifs is 3. The van der Waals surface area contributed by atoms with E-state index in [2.05, 4.69) is 22.5 Å². The molecule has 0 aromatic carbocycles. The first-order chi connectivity index (χ1) is 16.7. The van der Waals surface area contributed by atoms with Crippen molar-refractivity contribution in [2.24, 2.45) is 11.3 Å². The summed E-state index contributed by atoms with van der Waals surface area (Å²) in [7, 11) is -2.74. The van der Waals surface area contributed by atoms with Crippen LogP contribution in [-0.4, -0.2) is 94.5 Å². The van der Waals surface area contributed by atoms with E-state index in [-0.39, 0.29) is 30.6 Å². The van der Waals surface area contributed by atoms with Crippen LogP contribution < -0.4 is 10.6 Å². The maximum atomic E-state index is 13.2. The molecule has 2 bridgehead atoms. The Balaban J connectivity index is 1.38.